The van der Waals surface area contributed by atoms with Crippen molar-refractivity contribution in [2.75, 3.05) is 44.8 Å². The molecule has 2 unspecified atom stereocenters. The highest BCUT2D eigenvalue weighted by atomic mass is 16.5. The standard InChI is InChI=1S/C14H21N3O2/c1-2-4-16-13(3-1)17-8-12-7-14(19-9-12)10-15-5-6-18-11-14/h1-4,12,15H,5-11H2,(H,16,17). The average molecular weight is 263 g/mol. The minimum absolute atomic E-state index is 0.118. The molecule has 0 radical (unpaired) electrons. The van der Waals surface area contributed by atoms with Gasteiger partial charge in [0.15, 0.2) is 0 Å². The second kappa shape index (κ2) is 5.86. The molecule has 3 heterocycles. The largest absolute Gasteiger partial charge is 0.377 e. The highest BCUT2D eigenvalue weighted by Gasteiger charge is 2.41. The molecule has 2 N–H and O–H groups in total. The number of ether oxygens (including phenoxy) is 2. The summed E-state index contributed by atoms with van der Waals surface area (Å²) in [5.74, 6) is 1.45. The van der Waals surface area contributed by atoms with E-state index >= 15 is 0 Å². The van der Waals surface area contributed by atoms with E-state index in [1.807, 2.05) is 18.2 Å². The molecule has 19 heavy (non-hydrogen) atoms. The van der Waals surface area contributed by atoms with Gasteiger partial charge in [-0.3, -0.25) is 0 Å². The van der Waals surface area contributed by atoms with E-state index in [0.29, 0.717) is 12.5 Å². The van der Waals surface area contributed by atoms with Gasteiger partial charge in [0, 0.05) is 31.7 Å². The minimum atomic E-state index is -0.118. The molecule has 0 aromatic carbocycles. The molecule has 104 valence electrons. The lowest BCUT2D eigenvalue weighted by molar-refractivity contribution is -0.0471. The lowest BCUT2D eigenvalue weighted by Gasteiger charge is -2.25. The van der Waals surface area contributed by atoms with E-state index in [1.165, 1.54) is 0 Å². The molecule has 5 heteroatoms. The molecule has 0 amide bonds. The number of pyridine rings is 1. The third-order valence-electron chi connectivity index (χ3n) is 3.76. The number of rotatable bonds is 3. The van der Waals surface area contributed by atoms with E-state index in [4.69, 9.17) is 9.47 Å². The Morgan fingerprint density at radius 2 is 2.47 bits per heavy atom. The number of hydrogen-bond donors (Lipinski definition) is 2. The highest BCUT2D eigenvalue weighted by Crippen LogP contribution is 2.31. The first-order valence-corrected chi connectivity index (χ1v) is 6.94. The van der Waals surface area contributed by atoms with Gasteiger partial charge in [-0.25, -0.2) is 4.98 Å². The third kappa shape index (κ3) is 3.23. The summed E-state index contributed by atoms with van der Waals surface area (Å²) < 4.78 is 11.6. The molecule has 2 aliphatic heterocycles. The van der Waals surface area contributed by atoms with Crippen molar-refractivity contribution in [2.45, 2.75) is 12.0 Å². The van der Waals surface area contributed by atoms with Crippen LogP contribution >= 0.6 is 0 Å². The van der Waals surface area contributed by atoms with Crippen LogP contribution in [0.15, 0.2) is 24.4 Å². The summed E-state index contributed by atoms with van der Waals surface area (Å²) in [7, 11) is 0. The van der Waals surface area contributed by atoms with Crippen molar-refractivity contribution in [3.05, 3.63) is 24.4 Å². The Labute approximate surface area is 113 Å². The van der Waals surface area contributed by atoms with Crippen molar-refractivity contribution in [1.29, 1.82) is 0 Å². The molecule has 2 atom stereocenters. The van der Waals surface area contributed by atoms with Crippen molar-refractivity contribution in [3.8, 4) is 0 Å². The lowest BCUT2D eigenvalue weighted by Crippen LogP contribution is -2.42. The molecule has 2 aliphatic rings. The van der Waals surface area contributed by atoms with Crippen LogP contribution in [-0.4, -0.2) is 50.0 Å². The summed E-state index contributed by atoms with van der Waals surface area (Å²) in [6.07, 6.45) is 2.85. The molecule has 2 saturated heterocycles. The molecule has 1 aromatic rings. The van der Waals surface area contributed by atoms with Gasteiger partial charge in [0.1, 0.15) is 11.4 Å². The van der Waals surface area contributed by atoms with Crippen molar-refractivity contribution in [3.63, 3.8) is 0 Å². The molecule has 5 nitrogen and oxygen atoms in total. The fraction of sp³-hybridized carbons (Fsp3) is 0.643. The predicted molar refractivity (Wildman–Crippen MR) is 73.2 cm³/mol. The average Bonchev–Trinajstić information content (AvgIpc) is 2.70. The predicted octanol–water partition coefficient (Wildman–Crippen LogP) is 0.889. The number of nitrogens with zero attached hydrogens (tertiary/aromatic N) is 1. The Morgan fingerprint density at radius 3 is 3.37 bits per heavy atom. The van der Waals surface area contributed by atoms with Crippen LogP contribution < -0.4 is 10.6 Å². The van der Waals surface area contributed by atoms with Crippen LogP contribution in [0.4, 0.5) is 5.82 Å². The molecule has 0 saturated carbocycles. The van der Waals surface area contributed by atoms with Gasteiger partial charge in [0.25, 0.3) is 0 Å². The van der Waals surface area contributed by atoms with Gasteiger partial charge in [0.05, 0.1) is 19.8 Å². The van der Waals surface area contributed by atoms with Crippen LogP contribution in [0.2, 0.25) is 0 Å². The summed E-state index contributed by atoms with van der Waals surface area (Å²) in [4.78, 5) is 4.27. The highest BCUT2D eigenvalue weighted by molar-refractivity contribution is 5.33. The van der Waals surface area contributed by atoms with Crippen LogP contribution in [0.5, 0.6) is 0 Å². The molecular weight excluding hydrogens is 242 g/mol. The van der Waals surface area contributed by atoms with Crippen LogP contribution in [0.1, 0.15) is 6.42 Å². The van der Waals surface area contributed by atoms with Crippen LogP contribution in [0, 0.1) is 5.92 Å². The normalized spacial score (nSPS) is 31.3. The van der Waals surface area contributed by atoms with E-state index in [9.17, 15) is 0 Å². The Bertz CT molecular complexity index is 391. The van der Waals surface area contributed by atoms with Gasteiger partial charge < -0.3 is 20.1 Å². The fourth-order valence-electron chi connectivity index (χ4n) is 2.78. The number of hydrogen-bond acceptors (Lipinski definition) is 5. The van der Waals surface area contributed by atoms with Crippen LogP contribution in [-0.2, 0) is 9.47 Å². The van der Waals surface area contributed by atoms with E-state index in [0.717, 1.165) is 45.1 Å². The first-order chi connectivity index (χ1) is 9.36. The number of aromatic nitrogens is 1. The SMILES string of the molecule is c1ccc(NCC2COC3(CNCCOC3)C2)nc1. The van der Waals surface area contributed by atoms with Gasteiger partial charge in [-0.15, -0.1) is 0 Å². The maximum absolute atomic E-state index is 6.01. The zero-order valence-corrected chi connectivity index (χ0v) is 11.1. The fourth-order valence-corrected chi connectivity index (χ4v) is 2.78. The molecule has 3 rings (SSSR count). The smallest absolute Gasteiger partial charge is 0.125 e. The summed E-state index contributed by atoms with van der Waals surface area (Å²) in [6.45, 7) is 5.00. The third-order valence-corrected chi connectivity index (χ3v) is 3.76. The first kappa shape index (κ1) is 12.8. The first-order valence-electron chi connectivity index (χ1n) is 6.94. The van der Waals surface area contributed by atoms with Crippen LogP contribution in [0.3, 0.4) is 0 Å². The summed E-state index contributed by atoms with van der Waals surface area (Å²) in [6, 6.07) is 5.90. The van der Waals surface area contributed by atoms with Crippen molar-refractivity contribution < 1.29 is 9.47 Å². The molecule has 0 aliphatic carbocycles. The van der Waals surface area contributed by atoms with Crippen molar-refractivity contribution in [2.24, 2.45) is 5.92 Å². The monoisotopic (exact) mass is 263 g/mol. The maximum atomic E-state index is 6.01. The van der Waals surface area contributed by atoms with Gasteiger partial charge in [-0.05, 0) is 18.6 Å². The van der Waals surface area contributed by atoms with E-state index < -0.39 is 0 Å². The molecule has 1 aromatic heterocycles. The Morgan fingerprint density at radius 1 is 1.47 bits per heavy atom. The second-order valence-corrected chi connectivity index (χ2v) is 5.39. The Hall–Kier alpha value is -1.17. The lowest BCUT2D eigenvalue weighted by atomic mass is 9.94. The van der Waals surface area contributed by atoms with Gasteiger partial charge in [-0.2, -0.15) is 0 Å². The van der Waals surface area contributed by atoms with Gasteiger partial charge in [-0.1, -0.05) is 6.07 Å². The second-order valence-electron chi connectivity index (χ2n) is 5.39. The van der Waals surface area contributed by atoms with Gasteiger partial charge in [0.2, 0.25) is 0 Å². The van der Waals surface area contributed by atoms with Crippen molar-refractivity contribution in [1.82, 2.24) is 10.3 Å². The summed E-state index contributed by atoms with van der Waals surface area (Å²) >= 11 is 0. The minimum Gasteiger partial charge on any atom is -0.377 e. The quantitative estimate of drug-likeness (QED) is 0.848. The van der Waals surface area contributed by atoms with E-state index in [1.54, 1.807) is 6.20 Å². The zero-order valence-electron chi connectivity index (χ0n) is 11.1. The molecule has 0 bridgehead atoms. The topological polar surface area (TPSA) is 55.4 Å². The van der Waals surface area contributed by atoms with Crippen LogP contribution in [0.25, 0.3) is 0 Å². The van der Waals surface area contributed by atoms with Gasteiger partial charge >= 0.3 is 0 Å². The number of anilines is 1. The molecule has 1 spiro atoms. The Kier molecular flexibility index (Phi) is 3.96. The van der Waals surface area contributed by atoms with E-state index in [2.05, 4.69) is 15.6 Å². The number of nitrogens with one attached hydrogen (secondary N) is 2. The van der Waals surface area contributed by atoms with Crippen molar-refractivity contribution >= 4 is 5.82 Å². The Balaban J connectivity index is 1.51. The molecular formula is C14H21N3O2. The zero-order chi connectivity index (χ0) is 13.0. The maximum Gasteiger partial charge on any atom is 0.125 e. The van der Waals surface area contributed by atoms with E-state index in [-0.39, 0.29) is 5.60 Å². The summed E-state index contributed by atoms with van der Waals surface area (Å²) in [5.41, 5.74) is -0.118. The molecule has 2 fully saturated rings. The summed E-state index contributed by atoms with van der Waals surface area (Å²) in [5, 5.41) is 6.76.